The summed E-state index contributed by atoms with van der Waals surface area (Å²) in [6, 6.07) is -0.699. The van der Waals surface area contributed by atoms with Gasteiger partial charge in [-0.15, -0.1) is 0 Å². The summed E-state index contributed by atoms with van der Waals surface area (Å²) in [4.78, 5) is 20.2. The standard InChI is InChI=1S/C6H13NO2.C5H11NO2/c1-3-4(2)5(7)6(8)9;1-5(2,3)8-4(6)7/h4-5H,3,7H2,1-2H3,(H,8,9);1-3H3,(H2,6,7). The first-order valence-electron chi connectivity index (χ1n) is 5.48. The monoisotopic (exact) mass is 248 g/mol. The first-order chi connectivity index (χ1) is 7.51. The third-order valence-electron chi connectivity index (χ3n) is 1.95. The highest BCUT2D eigenvalue weighted by Crippen LogP contribution is 2.05. The van der Waals surface area contributed by atoms with Crippen LogP contribution in [0.15, 0.2) is 0 Å². The lowest BCUT2D eigenvalue weighted by molar-refractivity contribution is -0.139. The number of ether oxygens (including phenoxy) is 1. The Hall–Kier alpha value is -1.30. The van der Waals surface area contributed by atoms with Crippen LogP contribution in [0.25, 0.3) is 0 Å². The normalized spacial score (nSPS) is 14.0. The van der Waals surface area contributed by atoms with Crippen molar-refractivity contribution in [3.8, 4) is 0 Å². The molecule has 6 nitrogen and oxygen atoms in total. The van der Waals surface area contributed by atoms with Gasteiger partial charge < -0.3 is 21.3 Å². The number of carbonyl (C=O) groups is 2. The molecule has 0 bridgehead atoms. The Morgan fingerprint density at radius 1 is 1.35 bits per heavy atom. The van der Waals surface area contributed by atoms with Crippen molar-refractivity contribution in [2.75, 3.05) is 0 Å². The molecule has 0 rings (SSSR count). The van der Waals surface area contributed by atoms with Gasteiger partial charge in [0.25, 0.3) is 0 Å². The molecule has 0 aromatic carbocycles. The Kier molecular flexibility index (Phi) is 8.39. The van der Waals surface area contributed by atoms with E-state index in [1.807, 2.05) is 13.8 Å². The van der Waals surface area contributed by atoms with Crippen molar-refractivity contribution in [3.05, 3.63) is 0 Å². The van der Waals surface area contributed by atoms with Gasteiger partial charge >= 0.3 is 12.1 Å². The predicted octanol–water partition coefficient (Wildman–Crippen LogP) is 1.32. The lowest BCUT2D eigenvalue weighted by atomic mass is 10.0. The fraction of sp³-hybridized carbons (Fsp3) is 0.818. The predicted molar refractivity (Wildman–Crippen MR) is 65.5 cm³/mol. The minimum Gasteiger partial charge on any atom is -0.480 e. The fourth-order valence-corrected chi connectivity index (χ4v) is 0.799. The summed E-state index contributed by atoms with van der Waals surface area (Å²) in [6.07, 6.45) is 0.0884. The summed E-state index contributed by atoms with van der Waals surface area (Å²) in [6.45, 7) is 9.04. The molecule has 5 N–H and O–H groups in total. The van der Waals surface area contributed by atoms with Crippen LogP contribution >= 0.6 is 0 Å². The molecule has 0 fully saturated rings. The quantitative estimate of drug-likeness (QED) is 0.696. The molecule has 0 aromatic heterocycles. The van der Waals surface area contributed by atoms with Gasteiger partial charge in [0.1, 0.15) is 11.6 Å². The molecule has 0 heterocycles. The van der Waals surface area contributed by atoms with E-state index in [0.29, 0.717) is 0 Å². The van der Waals surface area contributed by atoms with Crippen LogP contribution in [0.1, 0.15) is 41.0 Å². The number of rotatable bonds is 3. The maximum atomic E-state index is 10.2. The van der Waals surface area contributed by atoms with Crippen molar-refractivity contribution in [1.82, 2.24) is 0 Å². The zero-order chi connectivity index (χ0) is 14.2. The highest BCUT2D eigenvalue weighted by Gasteiger charge is 2.17. The van der Waals surface area contributed by atoms with E-state index in [1.165, 1.54) is 0 Å². The summed E-state index contributed by atoms with van der Waals surface area (Å²) in [5.41, 5.74) is 9.54. The molecular weight excluding hydrogens is 224 g/mol. The summed E-state index contributed by atoms with van der Waals surface area (Å²) < 4.78 is 4.58. The van der Waals surface area contributed by atoms with Gasteiger partial charge in [-0.25, -0.2) is 4.79 Å². The highest BCUT2D eigenvalue weighted by atomic mass is 16.6. The third-order valence-corrected chi connectivity index (χ3v) is 1.95. The number of primary amides is 1. The van der Waals surface area contributed by atoms with Gasteiger partial charge in [0.15, 0.2) is 0 Å². The topological polar surface area (TPSA) is 116 Å². The van der Waals surface area contributed by atoms with Crippen LogP contribution in [-0.2, 0) is 9.53 Å². The number of carbonyl (C=O) groups excluding carboxylic acids is 1. The van der Waals surface area contributed by atoms with E-state index in [4.69, 9.17) is 16.6 Å². The maximum absolute atomic E-state index is 10.2. The molecule has 102 valence electrons. The van der Waals surface area contributed by atoms with Crippen molar-refractivity contribution >= 4 is 12.1 Å². The molecule has 0 radical (unpaired) electrons. The van der Waals surface area contributed by atoms with Crippen molar-refractivity contribution in [2.45, 2.75) is 52.7 Å². The van der Waals surface area contributed by atoms with Gasteiger partial charge in [-0.3, -0.25) is 4.79 Å². The highest BCUT2D eigenvalue weighted by molar-refractivity contribution is 5.73. The maximum Gasteiger partial charge on any atom is 0.405 e. The molecule has 0 aliphatic heterocycles. The second-order valence-electron chi connectivity index (χ2n) is 4.78. The lowest BCUT2D eigenvalue weighted by Crippen LogP contribution is -2.36. The summed E-state index contributed by atoms with van der Waals surface area (Å²) >= 11 is 0. The van der Waals surface area contributed by atoms with Crippen LogP contribution in [0, 0.1) is 5.92 Å². The Morgan fingerprint density at radius 3 is 1.82 bits per heavy atom. The van der Waals surface area contributed by atoms with Crippen molar-refractivity contribution in [3.63, 3.8) is 0 Å². The minimum absolute atomic E-state index is 0.0718. The van der Waals surface area contributed by atoms with E-state index in [2.05, 4.69) is 4.74 Å². The van der Waals surface area contributed by atoms with Crippen LogP contribution < -0.4 is 11.5 Å². The Bertz CT molecular complexity index is 248. The third kappa shape index (κ3) is 12.6. The lowest BCUT2D eigenvalue weighted by Gasteiger charge is -2.16. The molecule has 0 aliphatic rings. The molecule has 0 saturated carbocycles. The molecule has 6 heteroatoms. The fourth-order valence-electron chi connectivity index (χ4n) is 0.799. The van der Waals surface area contributed by atoms with Gasteiger partial charge in [0.05, 0.1) is 0 Å². The number of carboxylic acid groups (broad SMARTS) is 1. The van der Waals surface area contributed by atoms with Crippen LogP contribution in [-0.4, -0.2) is 28.8 Å². The van der Waals surface area contributed by atoms with Gasteiger partial charge in [-0.05, 0) is 26.7 Å². The van der Waals surface area contributed by atoms with Crippen LogP contribution in [0.2, 0.25) is 0 Å². The summed E-state index contributed by atoms with van der Waals surface area (Å²) in [5.74, 6) is -0.841. The largest absolute Gasteiger partial charge is 0.480 e. The average Bonchev–Trinajstić information content (AvgIpc) is 2.12. The van der Waals surface area contributed by atoms with Crippen LogP contribution in [0.3, 0.4) is 0 Å². The van der Waals surface area contributed by atoms with E-state index in [9.17, 15) is 9.59 Å². The van der Waals surface area contributed by atoms with Crippen LogP contribution in [0.4, 0.5) is 4.79 Å². The van der Waals surface area contributed by atoms with Crippen molar-refractivity contribution in [2.24, 2.45) is 17.4 Å². The minimum atomic E-state index is -0.913. The van der Waals surface area contributed by atoms with Gasteiger partial charge in [-0.1, -0.05) is 20.3 Å². The smallest absolute Gasteiger partial charge is 0.405 e. The Balaban J connectivity index is 0. The summed E-state index contributed by atoms with van der Waals surface area (Å²) in [5, 5.41) is 8.36. The molecular formula is C11H24N2O4. The molecule has 2 unspecified atom stereocenters. The molecule has 1 amide bonds. The van der Waals surface area contributed by atoms with Crippen LogP contribution in [0.5, 0.6) is 0 Å². The second-order valence-corrected chi connectivity index (χ2v) is 4.78. The molecule has 0 aromatic rings. The van der Waals surface area contributed by atoms with Crippen molar-refractivity contribution < 1.29 is 19.4 Å². The van der Waals surface area contributed by atoms with E-state index in [1.54, 1.807) is 20.8 Å². The molecule has 0 aliphatic carbocycles. The molecule has 17 heavy (non-hydrogen) atoms. The van der Waals surface area contributed by atoms with Gasteiger partial charge in [0, 0.05) is 0 Å². The van der Waals surface area contributed by atoms with Gasteiger partial charge in [-0.2, -0.15) is 0 Å². The molecule has 0 saturated heterocycles. The van der Waals surface area contributed by atoms with E-state index < -0.39 is 23.7 Å². The number of nitrogens with two attached hydrogens (primary N) is 2. The number of aliphatic carboxylic acids is 1. The molecule has 2 atom stereocenters. The second kappa shape index (κ2) is 7.89. The van der Waals surface area contributed by atoms with Crippen molar-refractivity contribution in [1.29, 1.82) is 0 Å². The zero-order valence-corrected chi connectivity index (χ0v) is 11.2. The van der Waals surface area contributed by atoms with E-state index >= 15 is 0 Å². The Morgan fingerprint density at radius 2 is 1.76 bits per heavy atom. The van der Waals surface area contributed by atoms with E-state index in [-0.39, 0.29) is 5.92 Å². The number of carboxylic acids is 1. The first-order valence-corrected chi connectivity index (χ1v) is 5.48. The summed E-state index contributed by atoms with van der Waals surface area (Å²) in [7, 11) is 0. The zero-order valence-electron chi connectivity index (χ0n) is 11.2. The number of hydrogen-bond donors (Lipinski definition) is 3. The first kappa shape index (κ1) is 18.1. The number of amides is 1. The van der Waals surface area contributed by atoms with Gasteiger partial charge in [0.2, 0.25) is 0 Å². The Labute approximate surface area is 102 Å². The average molecular weight is 248 g/mol. The number of hydrogen-bond acceptors (Lipinski definition) is 4. The molecule has 0 spiro atoms. The SMILES string of the molecule is CC(C)(C)OC(N)=O.CCC(C)C(N)C(=O)O. The van der Waals surface area contributed by atoms with E-state index in [0.717, 1.165) is 6.42 Å².